The van der Waals surface area contributed by atoms with Gasteiger partial charge in [-0.1, -0.05) is 373 Å². The molecule has 140 heavy (non-hydrogen) atoms. The molecule has 0 fully saturated rings. The van der Waals surface area contributed by atoms with Crippen LogP contribution in [0.3, 0.4) is 0 Å². The van der Waals surface area contributed by atoms with Crippen molar-refractivity contribution in [1.29, 1.82) is 0 Å². The SMILES string of the molecule is CC(C)(C)c1ccc2c(N(c3ccccc3)c3cccc(-c4cccc5c4sc4ccccc45)c3)c3ccccc3c(N(c3ccccc3)c3cccc(-c4cccc5c4sc4ccccc45)c3)c2c1.c1ccc(N(c2cccc(-c3cccc4c3sc3ccccc34)c2)c2cc3c4ccccc4c(N(c4ccccc4)c4cccc(-c5cccc6c5sc5ccccc56)c4)cc3c3ccccc23)cc1. The van der Waals surface area contributed by atoms with Gasteiger partial charge < -0.3 is 19.6 Å². The first-order chi connectivity index (χ1) is 69.1. The second-order valence-corrected chi connectivity index (χ2v) is 41.4. The maximum absolute atomic E-state index is 2.51. The Morgan fingerprint density at radius 2 is 0.393 bits per heavy atom. The van der Waals surface area contributed by atoms with Gasteiger partial charge in [-0.3, -0.25) is 0 Å². The number of hydrogen-bond donors (Lipinski definition) is 0. The lowest BCUT2D eigenvalue weighted by Gasteiger charge is -2.33. The van der Waals surface area contributed by atoms with Gasteiger partial charge in [-0.05, 0) is 217 Å². The van der Waals surface area contributed by atoms with E-state index in [4.69, 9.17) is 0 Å². The standard InChI is InChI=1S/C66H42N2S2.C66H48N2S2/c1-3-21-45(22-4-1)67(47-25-15-19-43(39-47)49-33-17-35-57-55-31-11-13-37-63(55)69-65(49)57)61-41-59-52-28-8-10-30-54(52)62(42-60(59)51-27-7-9-29-53(51)61)68(46-23-5-2-6-24-46)48-26-16-20-44(40-48)50-34-18-36-58-56-32-12-14-38-64(56)70-66(50)58;1-66(2,3)45-38-39-56-59(42-45)63(68(47-24-8-5-9-25-47)49-27-17-21-44(41-49)51-33-19-35-58-53-29-13-15-37-61(53)70-65(51)58)55-31-11-10-30-54(55)62(56)67(46-22-6-4-7-23-46)48-26-16-20-43(40-48)50-32-18-34-57-52-28-12-14-36-60(52)69-64(50)57/h1-42H;4-42H,1-3H3. The zero-order valence-electron chi connectivity index (χ0n) is 77.2. The highest BCUT2D eigenvalue weighted by Crippen LogP contribution is 2.56. The highest BCUT2D eigenvalue weighted by atomic mass is 32.1. The maximum Gasteiger partial charge on any atom is 0.0620 e. The van der Waals surface area contributed by atoms with E-state index >= 15 is 0 Å². The van der Waals surface area contributed by atoms with Crippen molar-refractivity contribution in [2.24, 2.45) is 0 Å². The maximum atomic E-state index is 2.51. The lowest BCUT2D eigenvalue weighted by molar-refractivity contribution is 0.591. The van der Waals surface area contributed by atoms with E-state index in [0.29, 0.717) is 0 Å². The van der Waals surface area contributed by atoms with Crippen molar-refractivity contribution in [3.63, 3.8) is 0 Å². The van der Waals surface area contributed by atoms with Crippen molar-refractivity contribution in [3.05, 3.63) is 497 Å². The molecular weight excluding hydrogens is 1770 g/mol. The van der Waals surface area contributed by atoms with Crippen LogP contribution in [0.25, 0.3) is 179 Å². The molecule has 23 aromatic carbocycles. The molecule has 0 unspecified atom stereocenters. The summed E-state index contributed by atoms with van der Waals surface area (Å²) in [5.74, 6) is 0. The minimum atomic E-state index is -0.0985. The molecule has 4 nitrogen and oxygen atoms in total. The Balaban J connectivity index is 0.000000144. The van der Waals surface area contributed by atoms with Gasteiger partial charge in [0.1, 0.15) is 0 Å². The summed E-state index contributed by atoms with van der Waals surface area (Å²) in [6.07, 6.45) is 0. The molecule has 4 aromatic heterocycles. The Hall–Kier alpha value is -16.6. The third-order valence-corrected chi connectivity index (χ3v) is 32.8. The van der Waals surface area contributed by atoms with Crippen LogP contribution in [-0.2, 0) is 5.41 Å². The molecule has 0 atom stereocenters. The van der Waals surface area contributed by atoms with Crippen molar-refractivity contribution >= 4 is 248 Å². The number of benzene rings is 23. The molecule has 27 aromatic rings. The van der Waals surface area contributed by atoms with E-state index < -0.39 is 0 Å². The average molecular weight is 1860 g/mol. The van der Waals surface area contributed by atoms with Crippen LogP contribution in [0.1, 0.15) is 26.3 Å². The van der Waals surface area contributed by atoms with Crippen LogP contribution in [0.5, 0.6) is 0 Å². The zero-order chi connectivity index (χ0) is 93.0. The van der Waals surface area contributed by atoms with E-state index in [1.165, 1.54) is 185 Å². The Labute approximate surface area is 828 Å². The summed E-state index contributed by atoms with van der Waals surface area (Å²) in [5, 5.41) is 22.3. The van der Waals surface area contributed by atoms with E-state index in [1.54, 1.807) is 0 Å². The predicted octanol–water partition coefficient (Wildman–Crippen LogP) is 40.5. The van der Waals surface area contributed by atoms with Crippen molar-refractivity contribution in [2.75, 3.05) is 19.6 Å². The summed E-state index contributed by atoms with van der Waals surface area (Å²) >= 11 is 7.52. The van der Waals surface area contributed by atoms with E-state index in [9.17, 15) is 0 Å². The second kappa shape index (κ2) is 34.9. The first-order valence-corrected chi connectivity index (χ1v) is 51.2. The zero-order valence-corrected chi connectivity index (χ0v) is 80.5. The van der Waals surface area contributed by atoms with E-state index in [1.807, 2.05) is 45.3 Å². The number of thiophene rings is 4. The Kier molecular flexibility index (Phi) is 20.9. The van der Waals surface area contributed by atoms with Crippen LogP contribution < -0.4 is 19.6 Å². The van der Waals surface area contributed by atoms with Crippen molar-refractivity contribution in [1.82, 2.24) is 0 Å². The van der Waals surface area contributed by atoms with Gasteiger partial charge in [-0.2, -0.15) is 0 Å². The van der Waals surface area contributed by atoms with Gasteiger partial charge in [-0.15, -0.1) is 45.3 Å². The smallest absolute Gasteiger partial charge is 0.0620 e. The highest BCUT2D eigenvalue weighted by Gasteiger charge is 2.31. The molecule has 0 radical (unpaired) electrons. The number of rotatable bonds is 16. The average Bonchev–Trinajstić information content (AvgIpc) is 1.02. The monoisotopic (exact) mass is 1860 g/mol. The molecular formula is C132H90N4S4. The van der Waals surface area contributed by atoms with Crippen LogP contribution in [-0.4, -0.2) is 0 Å². The molecule has 0 saturated heterocycles. The molecule has 0 spiro atoms. The molecule has 0 N–H and O–H groups in total. The number of para-hydroxylation sites is 4. The van der Waals surface area contributed by atoms with E-state index in [-0.39, 0.29) is 5.41 Å². The fourth-order valence-corrected chi connectivity index (χ4v) is 26.4. The number of nitrogens with zero attached hydrogens (tertiary/aromatic N) is 4. The molecule has 0 aliphatic rings. The fourth-order valence-electron chi connectivity index (χ4n) is 21.5. The number of fused-ring (bicyclic) bond motifs is 19. The van der Waals surface area contributed by atoms with Crippen molar-refractivity contribution < 1.29 is 0 Å². The summed E-state index contributed by atoms with van der Waals surface area (Å²) in [6, 6.07) is 181. The Morgan fingerprint density at radius 3 is 0.707 bits per heavy atom. The highest BCUT2D eigenvalue weighted by molar-refractivity contribution is 7.27. The molecule has 0 amide bonds. The summed E-state index contributed by atoms with van der Waals surface area (Å²) in [4.78, 5) is 9.92. The second-order valence-electron chi connectivity index (χ2n) is 37.2. The minimum Gasteiger partial charge on any atom is -0.310 e. The number of anilines is 12. The summed E-state index contributed by atoms with van der Waals surface area (Å²) in [7, 11) is 0. The molecule has 27 rings (SSSR count). The molecule has 8 heteroatoms. The van der Waals surface area contributed by atoms with Crippen LogP contribution in [0.15, 0.2) is 491 Å². The first kappa shape index (κ1) is 84.0. The summed E-state index contributed by atoms with van der Waals surface area (Å²) in [5.41, 5.74) is 24.3. The topological polar surface area (TPSA) is 13.0 Å². The normalized spacial score (nSPS) is 11.8. The van der Waals surface area contributed by atoms with Gasteiger partial charge >= 0.3 is 0 Å². The predicted molar refractivity (Wildman–Crippen MR) is 611 cm³/mol. The third-order valence-electron chi connectivity index (χ3n) is 27.9. The van der Waals surface area contributed by atoms with Gasteiger partial charge in [-0.25, -0.2) is 0 Å². The molecule has 0 aliphatic carbocycles. The van der Waals surface area contributed by atoms with Gasteiger partial charge in [0, 0.05) is 159 Å². The van der Waals surface area contributed by atoms with Gasteiger partial charge in [0.05, 0.1) is 22.7 Å². The molecule has 4 heterocycles. The van der Waals surface area contributed by atoms with Gasteiger partial charge in [0.15, 0.2) is 0 Å². The van der Waals surface area contributed by atoms with E-state index in [0.717, 1.165) is 68.2 Å². The number of hydrogen-bond acceptors (Lipinski definition) is 8. The lowest BCUT2D eigenvalue weighted by atomic mass is 9.84. The van der Waals surface area contributed by atoms with Crippen molar-refractivity contribution in [2.45, 2.75) is 26.2 Å². The van der Waals surface area contributed by atoms with Crippen LogP contribution in [0.2, 0.25) is 0 Å². The Bertz CT molecular complexity index is 9260. The largest absolute Gasteiger partial charge is 0.310 e. The van der Waals surface area contributed by atoms with Crippen LogP contribution in [0, 0.1) is 0 Å². The minimum absolute atomic E-state index is 0.0985. The molecule has 662 valence electrons. The quantitative estimate of drug-likeness (QED) is 0.0543. The fraction of sp³-hybridized carbons (Fsp3) is 0.0303. The van der Waals surface area contributed by atoms with Gasteiger partial charge in [0.2, 0.25) is 0 Å². The molecule has 0 saturated carbocycles. The Morgan fingerprint density at radius 1 is 0.157 bits per heavy atom. The summed E-state index contributed by atoms with van der Waals surface area (Å²) in [6.45, 7) is 6.96. The molecule has 0 bridgehead atoms. The van der Waals surface area contributed by atoms with Gasteiger partial charge in [0.25, 0.3) is 0 Å². The van der Waals surface area contributed by atoms with Crippen LogP contribution in [0.4, 0.5) is 68.2 Å². The lowest BCUT2D eigenvalue weighted by Crippen LogP contribution is -2.16. The van der Waals surface area contributed by atoms with Crippen molar-refractivity contribution in [3.8, 4) is 44.5 Å². The van der Waals surface area contributed by atoms with Crippen LogP contribution >= 0.6 is 45.3 Å². The first-order valence-electron chi connectivity index (χ1n) is 47.9. The molecule has 0 aliphatic heterocycles. The van der Waals surface area contributed by atoms with E-state index in [2.05, 4.69) is 532 Å². The third kappa shape index (κ3) is 14.6. The summed E-state index contributed by atoms with van der Waals surface area (Å²) < 4.78 is 10.5.